The molecular weight excluding hydrogens is 278 g/mol. The van der Waals surface area contributed by atoms with E-state index in [2.05, 4.69) is 15.0 Å². The van der Waals surface area contributed by atoms with E-state index >= 15 is 0 Å². The van der Waals surface area contributed by atoms with Gasteiger partial charge < -0.3 is 15.4 Å². The summed E-state index contributed by atoms with van der Waals surface area (Å²) in [5, 5.41) is 0.547. The predicted molar refractivity (Wildman–Crippen MR) is 79.1 cm³/mol. The van der Waals surface area contributed by atoms with E-state index in [1.165, 1.54) is 0 Å². The summed E-state index contributed by atoms with van der Waals surface area (Å²) in [6.45, 7) is 2.14. The number of ether oxygens (including phenoxy) is 1. The Kier molecular flexibility index (Phi) is 4.24. The third kappa shape index (κ3) is 3.48. The van der Waals surface area contributed by atoms with Crippen LogP contribution in [0, 0.1) is 6.92 Å². The summed E-state index contributed by atoms with van der Waals surface area (Å²) < 4.78 is 5.63. The Morgan fingerprint density at radius 2 is 2.00 bits per heavy atom. The van der Waals surface area contributed by atoms with Gasteiger partial charge in [0.2, 0.25) is 11.9 Å². The van der Waals surface area contributed by atoms with Gasteiger partial charge in [-0.15, -0.1) is 0 Å². The fourth-order valence-corrected chi connectivity index (χ4v) is 1.73. The van der Waals surface area contributed by atoms with Gasteiger partial charge in [0, 0.05) is 14.1 Å². The molecule has 0 bridgehead atoms. The minimum absolute atomic E-state index is 0.164. The lowest BCUT2D eigenvalue weighted by molar-refractivity contribution is 0.295. The van der Waals surface area contributed by atoms with Crippen molar-refractivity contribution in [3.05, 3.63) is 34.6 Å². The minimum Gasteiger partial charge on any atom is -0.484 e. The molecule has 2 aromatic rings. The maximum absolute atomic E-state index is 6.06. The molecule has 0 saturated heterocycles. The van der Waals surface area contributed by atoms with Gasteiger partial charge in [-0.1, -0.05) is 17.7 Å². The summed E-state index contributed by atoms with van der Waals surface area (Å²) in [5.41, 5.74) is 6.71. The molecule has 0 atom stereocenters. The highest BCUT2D eigenvalue weighted by Crippen LogP contribution is 2.25. The standard InChI is InChI=1S/C13H16ClN5O/c1-8-4-5-9(14)10(6-8)20-7-11-16-12(15)18-13(17-11)19(2)3/h4-6H,7H2,1-3H3,(H2,15,16,17,18). The number of anilines is 2. The number of aromatic nitrogens is 3. The van der Waals surface area contributed by atoms with Gasteiger partial charge in [-0.25, -0.2) is 0 Å². The molecule has 0 aliphatic carbocycles. The summed E-state index contributed by atoms with van der Waals surface area (Å²) in [5.74, 6) is 1.71. The lowest BCUT2D eigenvalue weighted by Crippen LogP contribution is -2.16. The third-order valence-corrected chi connectivity index (χ3v) is 2.84. The Morgan fingerprint density at radius 3 is 2.70 bits per heavy atom. The van der Waals surface area contributed by atoms with Gasteiger partial charge >= 0.3 is 0 Å². The highest BCUT2D eigenvalue weighted by Gasteiger charge is 2.08. The van der Waals surface area contributed by atoms with Crippen LogP contribution >= 0.6 is 11.6 Å². The SMILES string of the molecule is Cc1ccc(Cl)c(OCc2nc(N)nc(N(C)C)n2)c1. The summed E-state index contributed by atoms with van der Waals surface area (Å²) in [6, 6.07) is 5.57. The number of rotatable bonds is 4. The van der Waals surface area contributed by atoms with Crippen LogP contribution in [0.5, 0.6) is 5.75 Å². The van der Waals surface area contributed by atoms with Crippen LogP contribution in [0.25, 0.3) is 0 Å². The van der Waals surface area contributed by atoms with E-state index in [4.69, 9.17) is 22.1 Å². The molecule has 0 fully saturated rings. The van der Waals surface area contributed by atoms with Gasteiger partial charge in [0.25, 0.3) is 0 Å². The predicted octanol–water partition coefficient (Wildman–Crippen LogP) is 2.06. The monoisotopic (exact) mass is 293 g/mol. The maximum atomic E-state index is 6.06. The van der Waals surface area contributed by atoms with Crippen molar-refractivity contribution in [2.24, 2.45) is 0 Å². The highest BCUT2D eigenvalue weighted by atomic mass is 35.5. The molecule has 0 aliphatic rings. The first-order valence-electron chi connectivity index (χ1n) is 6.02. The topological polar surface area (TPSA) is 77.2 Å². The van der Waals surface area contributed by atoms with Gasteiger partial charge in [0.1, 0.15) is 12.4 Å². The molecule has 20 heavy (non-hydrogen) atoms. The second-order valence-corrected chi connectivity index (χ2v) is 4.93. The van der Waals surface area contributed by atoms with E-state index in [0.29, 0.717) is 22.5 Å². The van der Waals surface area contributed by atoms with Gasteiger partial charge in [0.05, 0.1) is 5.02 Å². The fourth-order valence-electron chi connectivity index (χ4n) is 1.55. The van der Waals surface area contributed by atoms with E-state index < -0.39 is 0 Å². The van der Waals surface area contributed by atoms with Gasteiger partial charge in [-0.2, -0.15) is 15.0 Å². The smallest absolute Gasteiger partial charge is 0.230 e. The van der Waals surface area contributed by atoms with Crippen LogP contribution in [0.4, 0.5) is 11.9 Å². The average Bonchev–Trinajstić information content (AvgIpc) is 2.39. The van der Waals surface area contributed by atoms with E-state index in [9.17, 15) is 0 Å². The van der Waals surface area contributed by atoms with Crippen molar-refractivity contribution < 1.29 is 4.74 Å². The molecule has 1 heterocycles. The van der Waals surface area contributed by atoms with Gasteiger partial charge in [-0.05, 0) is 24.6 Å². The Morgan fingerprint density at radius 1 is 1.25 bits per heavy atom. The molecule has 0 aliphatic heterocycles. The van der Waals surface area contributed by atoms with Crippen molar-refractivity contribution in [2.45, 2.75) is 13.5 Å². The second kappa shape index (κ2) is 5.92. The normalized spacial score (nSPS) is 10.4. The Bertz CT molecular complexity index is 618. The van der Waals surface area contributed by atoms with Crippen molar-refractivity contribution in [1.29, 1.82) is 0 Å². The van der Waals surface area contributed by atoms with Crippen LogP contribution in [0.3, 0.4) is 0 Å². The first-order valence-corrected chi connectivity index (χ1v) is 6.40. The summed E-state index contributed by atoms with van der Waals surface area (Å²) in [6.07, 6.45) is 0. The molecule has 0 saturated carbocycles. The van der Waals surface area contributed by atoms with Gasteiger partial charge in [0.15, 0.2) is 5.82 Å². The van der Waals surface area contributed by atoms with Crippen molar-refractivity contribution in [1.82, 2.24) is 15.0 Å². The molecule has 1 aromatic carbocycles. The number of hydrogen-bond acceptors (Lipinski definition) is 6. The molecule has 2 rings (SSSR count). The lowest BCUT2D eigenvalue weighted by atomic mass is 10.2. The first kappa shape index (κ1) is 14.3. The fraction of sp³-hybridized carbons (Fsp3) is 0.308. The molecule has 0 radical (unpaired) electrons. The zero-order valence-corrected chi connectivity index (χ0v) is 12.3. The zero-order chi connectivity index (χ0) is 14.7. The Labute approximate surface area is 122 Å². The molecule has 0 amide bonds. The average molecular weight is 294 g/mol. The lowest BCUT2D eigenvalue weighted by Gasteiger charge is -2.12. The van der Waals surface area contributed by atoms with Crippen LogP contribution in [0.2, 0.25) is 5.02 Å². The van der Waals surface area contributed by atoms with Crippen molar-refractivity contribution in [2.75, 3.05) is 24.7 Å². The zero-order valence-electron chi connectivity index (χ0n) is 11.6. The van der Waals surface area contributed by atoms with E-state index in [1.54, 1.807) is 11.0 Å². The van der Waals surface area contributed by atoms with Crippen LogP contribution in [0.1, 0.15) is 11.4 Å². The summed E-state index contributed by atoms with van der Waals surface area (Å²) >= 11 is 6.06. The van der Waals surface area contributed by atoms with E-state index in [-0.39, 0.29) is 12.6 Å². The van der Waals surface area contributed by atoms with E-state index in [0.717, 1.165) is 5.56 Å². The molecule has 1 aromatic heterocycles. The largest absolute Gasteiger partial charge is 0.484 e. The van der Waals surface area contributed by atoms with Gasteiger partial charge in [-0.3, -0.25) is 0 Å². The minimum atomic E-state index is 0.164. The highest BCUT2D eigenvalue weighted by molar-refractivity contribution is 6.32. The molecule has 6 nitrogen and oxygen atoms in total. The van der Waals surface area contributed by atoms with Crippen molar-refractivity contribution >= 4 is 23.5 Å². The number of nitrogens with two attached hydrogens (primary N) is 1. The number of aryl methyl sites for hydroxylation is 1. The number of nitrogens with zero attached hydrogens (tertiary/aromatic N) is 4. The molecule has 106 valence electrons. The Balaban J connectivity index is 2.16. The van der Waals surface area contributed by atoms with Crippen LogP contribution in [-0.2, 0) is 6.61 Å². The number of hydrogen-bond donors (Lipinski definition) is 1. The third-order valence-electron chi connectivity index (χ3n) is 2.53. The summed E-state index contributed by atoms with van der Waals surface area (Å²) in [4.78, 5) is 14.1. The molecule has 2 N–H and O–H groups in total. The molecule has 0 spiro atoms. The number of halogens is 1. The molecular formula is C13H16ClN5O. The van der Waals surface area contributed by atoms with Crippen LogP contribution in [-0.4, -0.2) is 29.0 Å². The van der Waals surface area contributed by atoms with E-state index in [1.807, 2.05) is 33.2 Å². The second-order valence-electron chi connectivity index (χ2n) is 4.53. The van der Waals surface area contributed by atoms with Crippen LogP contribution in [0.15, 0.2) is 18.2 Å². The first-order chi connectivity index (χ1) is 9.45. The van der Waals surface area contributed by atoms with Crippen LogP contribution < -0.4 is 15.4 Å². The Hall–Kier alpha value is -2.08. The van der Waals surface area contributed by atoms with Crippen molar-refractivity contribution in [3.8, 4) is 5.75 Å². The molecule has 7 heteroatoms. The summed E-state index contributed by atoms with van der Waals surface area (Å²) in [7, 11) is 3.66. The van der Waals surface area contributed by atoms with Crippen molar-refractivity contribution in [3.63, 3.8) is 0 Å². The quantitative estimate of drug-likeness (QED) is 0.930. The number of nitrogen functional groups attached to an aromatic ring is 1. The maximum Gasteiger partial charge on any atom is 0.230 e. The molecule has 0 unspecified atom stereocenters. The number of benzene rings is 1.